The molecule has 6 nitrogen and oxygen atoms in total. The normalized spacial score (nSPS) is 15.4. The second-order valence-electron chi connectivity index (χ2n) is 8.88. The molecule has 1 aliphatic heterocycles. The van der Waals surface area contributed by atoms with E-state index in [9.17, 15) is 9.90 Å². The Bertz CT molecular complexity index is 1640. The number of aliphatic hydroxyl groups is 1. The quantitative estimate of drug-likeness (QED) is 0.155. The van der Waals surface area contributed by atoms with Gasteiger partial charge in [-0.2, -0.15) is 0 Å². The predicted molar refractivity (Wildman–Crippen MR) is 164 cm³/mol. The maximum Gasteiger partial charge on any atom is 0.344 e. The Morgan fingerprint density at radius 1 is 1.05 bits per heavy atom. The SMILES string of the molecule is CCOC(=O)C1=C(O)/C(=C/c2cn(CCCOc3ccccc3Cl)c3ccccc23)SC1=Nc1ccc(Cl)cc1. The van der Waals surface area contributed by atoms with Crippen LogP contribution in [0.2, 0.25) is 10.0 Å². The number of fused-ring (bicyclic) bond motifs is 1. The summed E-state index contributed by atoms with van der Waals surface area (Å²) in [4.78, 5) is 17.9. The Hall–Kier alpha value is -3.65. The van der Waals surface area contributed by atoms with E-state index in [-0.39, 0.29) is 17.9 Å². The highest BCUT2D eigenvalue weighted by Gasteiger charge is 2.33. The van der Waals surface area contributed by atoms with Gasteiger partial charge >= 0.3 is 5.97 Å². The van der Waals surface area contributed by atoms with Gasteiger partial charge in [0.1, 0.15) is 22.1 Å². The van der Waals surface area contributed by atoms with E-state index in [0.717, 1.165) is 29.4 Å². The van der Waals surface area contributed by atoms with Gasteiger partial charge < -0.3 is 19.1 Å². The summed E-state index contributed by atoms with van der Waals surface area (Å²) >= 11 is 13.4. The van der Waals surface area contributed by atoms with Crippen LogP contribution in [-0.2, 0) is 16.1 Å². The molecule has 0 radical (unpaired) electrons. The van der Waals surface area contributed by atoms with Crippen molar-refractivity contribution in [2.45, 2.75) is 19.9 Å². The molecule has 5 rings (SSSR count). The van der Waals surface area contributed by atoms with Gasteiger partial charge in [-0.1, -0.05) is 65.3 Å². The summed E-state index contributed by atoms with van der Waals surface area (Å²) < 4.78 is 13.2. The molecule has 9 heteroatoms. The second kappa shape index (κ2) is 12.7. The third kappa shape index (κ3) is 6.22. The topological polar surface area (TPSA) is 73.0 Å². The van der Waals surface area contributed by atoms with Crippen molar-refractivity contribution < 1.29 is 19.4 Å². The molecule has 2 heterocycles. The number of benzene rings is 3. The number of hydrogen-bond donors (Lipinski definition) is 1. The third-order valence-electron chi connectivity index (χ3n) is 6.17. The van der Waals surface area contributed by atoms with E-state index in [1.54, 1.807) is 37.3 Å². The molecule has 0 atom stereocenters. The molecule has 0 fully saturated rings. The Morgan fingerprint density at radius 3 is 2.58 bits per heavy atom. The number of para-hydroxylation sites is 2. The summed E-state index contributed by atoms with van der Waals surface area (Å²) in [6, 6.07) is 22.4. The highest BCUT2D eigenvalue weighted by molar-refractivity contribution is 8.18. The number of halogens is 2. The number of aromatic nitrogens is 1. The highest BCUT2D eigenvalue weighted by atomic mass is 35.5. The van der Waals surface area contributed by atoms with E-state index in [1.165, 1.54) is 11.8 Å². The fourth-order valence-electron chi connectivity index (χ4n) is 4.32. The van der Waals surface area contributed by atoms with Gasteiger partial charge in [0.05, 0.1) is 28.8 Å². The van der Waals surface area contributed by atoms with Gasteiger partial charge in [0, 0.05) is 34.2 Å². The molecule has 1 N–H and O–H groups in total. The lowest BCUT2D eigenvalue weighted by molar-refractivity contribution is -0.138. The first kappa shape index (κ1) is 27.9. The van der Waals surface area contributed by atoms with Crippen LogP contribution in [0.25, 0.3) is 17.0 Å². The molecule has 204 valence electrons. The number of carbonyl (C=O) groups is 1. The number of thioether (sulfide) groups is 1. The van der Waals surface area contributed by atoms with Crippen molar-refractivity contribution in [2.24, 2.45) is 4.99 Å². The van der Waals surface area contributed by atoms with Crippen molar-refractivity contribution >= 4 is 68.6 Å². The number of aryl methyl sites for hydroxylation is 1. The number of nitrogens with zero attached hydrogens (tertiary/aromatic N) is 2. The average molecular weight is 594 g/mol. The molecule has 0 saturated carbocycles. The van der Waals surface area contributed by atoms with E-state index in [0.29, 0.717) is 38.0 Å². The smallest absolute Gasteiger partial charge is 0.344 e. The summed E-state index contributed by atoms with van der Waals surface area (Å²) in [6.07, 6.45) is 4.69. The maximum atomic E-state index is 12.8. The van der Waals surface area contributed by atoms with E-state index in [2.05, 4.69) is 15.6 Å². The molecule has 3 aromatic carbocycles. The lowest BCUT2D eigenvalue weighted by Gasteiger charge is -2.09. The molecule has 40 heavy (non-hydrogen) atoms. The van der Waals surface area contributed by atoms with Crippen LogP contribution in [0.1, 0.15) is 18.9 Å². The van der Waals surface area contributed by atoms with Crippen LogP contribution >= 0.6 is 35.0 Å². The maximum absolute atomic E-state index is 12.8. The van der Waals surface area contributed by atoms with Crippen molar-refractivity contribution in [1.29, 1.82) is 0 Å². The Labute approximate surface area is 246 Å². The molecule has 0 amide bonds. The second-order valence-corrected chi connectivity index (χ2v) is 10.7. The van der Waals surface area contributed by atoms with Crippen molar-refractivity contribution in [3.63, 3.8) is 0 Å². The molecule has 0 spiro atoms. The van der Waals surface area contributed by atoms with Crippen molar-refractivity contribution in [3.8, 4) is 5.75 Å². The van der Waals surface area contributed by atoms with Crippen LogP contribution in [-0.4, -0.2) is 33.9 Å². The number of hydrogen-bond acceptors (Lipinski definition) is 6. The lowest BCUT2D eigenvalue weighted by Crippen LogP contribution is -2.12. The van der Waals surface area contributed by atoms with Crippen LogP contribution in [0.3, 0.4) is 0 Å². The molecule has 1 aromatic heterocycles. The Morgan fingerprint density at radius 2 is 1.80 bits per heavy atom. The standard InChI is InChI=1S/C31H26Cl2N2O4S/c1-2-38-31(37)28-29(36)27(40-30(28)34-22-14-12-21(32)13-15-22)18-20-19-35(25-10-5-3-8-23(20)25)16-7-17-39-26-11-6-4-9-24(26)33/h3-6,8-15,18-19,36H,2,7,16-17H2,1H3/b27-18-,34-30?. The third-order valence-corrected chi connectivity index (χ3v) is 7.76. The van der Waals surface area contributed by atoms with Crippen molar-refractivity contribution in [3.05, 3.63) is 111 Å². The van der Waals surface area contributed by atoms with Crippen LogP contribution in [0.5, 0.6) is 5.75 Å². The van der Waals surface area contributed by atoms with Crippen molar-refractivity contribution in [2.75, 3.05) is 13.2 Å². The fraction of sp³-hybridized carbons (Fsp3) is 0.161. The van der Waals surface area contributed by atoms with Gasteiger partial charge in [-0.3, -0.25) is 0 Å². The number of esters is 1. The zero-order chi connectivity index (χ0) is 28.1. The van der Waals surface area contributed by atoms with E-state index in [1.807, 2.05) is 48.7 Å². The lowest BCUT2D eigenvalue weighted by atomic mass is 10.1. The van der Waals surface area contributed by atoms with Gasteiger partial charge in [-0.25, -0.2) is 9.79 Å². The predicted octanol–water partition coefficient (Wildman–Crippen LogP) is 8.61. The summed E-state index contributed by atoms with van der Waals surface area (Å²) in [5.74, 6) is -0.105. The van der Waals surface area contributed by atoms with Gasteiger partial charge in [-0.15, -0.1) is 0 Å². The molecule has 1 aliphatic rings. The van der Waals surface area contributed by atoms with Gasteiger partial charge in [0.25, 0.3) is 0 Å². The minimum Gasteiger partial charge on any atom is -0.506 e. The number of rotatable bonds is 9. The number of aliphatic imine (C=N–C) groups is 1. The summed E-state index contributed by atoms with van der Waals surface area (Å²) in [6.45, 7) is 3.14. The summed E-state index contributed by atoms with van der Waals surface area (Å²) in [7, 11) is 0. The summed E-state index contributed by atoms with van der Waals surface area (Å²) in [5.41, 5.74) is 2.62. The van der Waals surface area contributed by atoms with Crippen LogP contribution in [0, 0.1) is 0 Å². The molecule has 0 unspecified atom stereocenters. The monoisotopic (exact) mass is 592 g/mol. The highest BCUT2D eigenvalue weighted by Crippen LogP contribution is 2.41. The molecule has 4 aromatic rings. The zero-order valence-electron chi connectivity index (χ0n) is 21.6. The molecule has 0 saturated heterocycles. The van der Waals surface area contributed by atoms with E-state index >= 15 is 0 Å². The number of ether oxygens (including phenoxy) is 2. The van der Waals surface area contributed by atoms with Gasteiger partial charge in [-0.05, 0) is 61.9 Å². The number of carbonyl (C=O) groups excluding carboxylic acids is 1. The van der Waals surface area contributed by atoms with E-state index in [4.69, 9.17) is 32.7 Å². The molecule has 0 bridgehead atoms. The Balaban J connectivity index is 1.42. The fourth-order valence-corrected chi connectivity index (χ4v) is 5.66. The molecular formula is C31H26Cl2N2O4S. The average Bonchev–Trinajstić information content (AvgIpc) is 3.45. The minimum atomic E-state index is -0.621. The first-order valence-electron chi connectivity index (χ1n) is 12.7. The van der Waals surface area contributed by atoms with Crippen LogP contribution in [0.15, 0.2) is 100 Å². The van der Waals surface area contributed by atoms with Gasteiger partial charge in [0.15, 0.2) is 0 Å². The summed E-state index contributed by atoms with van der Waals surface area (Å²) in [5, 5.41) is 13.7. The number of aliphatic hydroxyl groups excluding tert-OH is 1. The van der Waals surface area contributed by atoms with Crippen molar-refractivity contribution in [1.82, 2.24) is 4.57 Å². The first-order valence-corrected chi connectivity index (χ1v) is 14.3. The molecular weight excluding hydrogens is 567 g/mol. The minimum absolute atomic E-state index is 0.0495. The first-order chi connectivity index (χ1) is 19.4. The largest absolute Gasteiger partial charge is 0.506 e. The van der Waals surface area contributed by atoms with Gasteiger partial charge in [0.2, 0.25) is 0 Å². The zero-order valence-corrected chi connectivity index (χ0v) is 24.0. The van der Waals surface area contributed by atoms with E-state index < -0.39 is 5.97 Å². The van der Waals surface area contributed by atoms with Crippen LogP contribution < -0.4 is 4.74 Å². The molecule has 0 aliphatic carbocycles. The van der Waals surface area contributed by atoms with Crippen LogP contribution in [0.4, 0.5) is 5.69 Å². The Kier molecular flexibility index (Phi) is 8.85.